The Morgan fingerprint density at radius 1 is 1.02 bits per heavy atom. The molecule has 1 amide bonds. The fraction of sp³-hybridized carbons (Fsp3) is 0.355. The van der Waals surface area contributed by atoms with Crippen LogP contribution in [0.2, 0.25) is 19.6 Å². The first kappa shape index (κ1) is 31.2. The number of amides is 1. The van der Waals surface area contributed by atoms with Crippen molar-refractivity contribution in [3.05, 3.63) is 71.4 Å². The van der Waals surface area contributed by atoms with Crippen LogP contribution in [0.1, 0.15) is 34.6 Å². The van der Waals surface area contributed by atoms with Crippen molar-refractivity contribution >= 4 is 50.1 Å². The number of fused-ring (bicyclic) bond motifs is 2. The summed E-state index contributed by atoms with van der Waals surface area (Å²) in [5.74, 6) is 2.65. The number of hydrogen-bond donors (Lipinski definition) is 1. The average molecular weight is 666 g/mol. The molecule has 4 heterocycles. The molecule has 2 aliphatic rings. The molecule has 4 aromatic rings. The molecule has 2 aromatic carbocycles. The van der Waals surface area contributed by atoms with Gasteiger partial charge in [-0.1, -0.05) is 61.1 Å². The van der Waals surface area contributed by atoms with E-state index in [1.165, 1.54) is 15.3 Å². The van der Waals surface area contributed by atoms with E-state index in [0.717, 1.165) is 14.9 Å². The van der Waals surface area contributed by atoms with E-state index in [1.807, 2.05) is 13.0 Å². The maximum absolute atomic E-state index is 14.4. The number of rotatable bonds is 6. The van der Waals surface area contributed by atoms with E-state index in [1.54, 1.807) is 36.4 Å². The van der Waals surface area contributed by atoms with Crippen molar-refractivity contribution in [2.45, 2.75) is 55.5 Å². The molecule has 0 aliphatic carbocycles. The molecular formula is C31H35N5O6S2Si. The molecule has 45 heavy (non-hydrogen) atoms. The smallest absolute Gasteiger partial charge is 0.309 e. The zero-order valence-electron chi connectivity index (χ0n) is 25.6. The van der Waals surface area contributed by atoms with Crippen LogP contribution in [0.3, 0.4) is 0 Å². The van der Waals surface area contributed by atoms with Crippen molar-refractivity contribution < 1.29 is 26.0 Å². The van der Waals surface area contributed by atoms with Gasteiger partial charge in [-0.3, -0.25) is 4.79 Å². The lowest BCUT2D eigenvalue weighted by molar-refractivity contribution is 0.0655. The number of nitrogens with zero attached hydrogens (tertiary/aromatic N) is 4. The highest BCUT2D eigenvalue weighted by molar-refractivity contribution is 7.92. The second-order valence-electron chi connectivity index (χ2n) is 12.5. The highest BCUT2D eigenvalue weighted by Gasteiger charge is 2.40. The number of sulfonamides is 1. The summed E-state index contributed by atoms with van der Waals surface area (Å²) in [7, 11) is -10.8. The molecule has 1 unspecified atom stereocenters. The highest BCUT2D eigenvalue weighted by Crippen LogP contribution is 2.35. The first-order valence-electron chi connectivity index (χ1n) is 14.7. The van der Waals surface area contributed by atoms with Crippen LogP contribution in [0.15, 0.2) is 62.9 Å². The summed E-state index contributed by atoms with van der Waals surface area (Å²) < 4.78 is 65.3. The molecule has 6 rings (SSSR count). The molecular weight excluding hydrogens is 631 g/mol. The Labute approximate surface area is 264 Å². The van der Waals surface area contributed by atoms with Crippen molar-refractivity contribution in [1.29, 1.82) is 0 Å². The number of benzene rings is 2. The SMILES string of the molecule is C#Cc1c(S(=O)(=O)N2CCN(C(=O)c3nc4c(o3)CNC(C)C4)CC2)n(S(=O)(=O)c2cccc([Si](C)(C)C)c2)c2ccccc12. The second kappa shape index (κ2) is 11.3. The number of para-hydroxylation sites is 1. The van der Waals surface area contributed by atoms with Crippen molar-refractivity contribution in [2.75, 3.05) is 26.2 Å². The van der Waals surface area contributed by atoms with E-state index >= 15 is 0 Å². The Morgan fingerprint density at radius 2 is 1.73 bits per heavy atom. The van der Waals surface area contributed by atoms with E-state index in [9.17, 15) is 21.6 Å². The molecule has 11 nitrogen and oxygen atoms in total. The second-order valence-corrected chi connectivity index (χ2v) is 21.2. The standard InChI is InChI=1S/C31H35N5O6S2Si/c1-6-24-25-12-7-8-13-27(25)36(43(38,39)22-10-9-11-23(19-22)45(3,4)5)31(24)44(40,41)35-16-14-34(15-17-35)30(37)29-33-26-18-21(2)32-20-28(26)42-29/h1,7-13,19,21,32H,14-18,20H2,2-5H3. The first-order valence-corrected chi connectivity index (χ1v) is 21.1. The molecule has 2 aliphatic heterocycles. The lowest BCUT2D eigenvalue weighted by Gasteiger charge is -2.33. The van der Waals surface area contributed by atoms with Gasteiger partial charge in [-0.05, 0) is 25.1 Å². The van der Waals surface area contributed by atoms with Gasteiger partial charge in [0.2, 0.25) is 0 Å². The lowest BCUT2D eigenvalue weighted by atomic mass is 10.1. The summed E-state index contributed by atoms with van der Waals surface area (Å²) in [4.78, 5) is 19.1. The molecule has 14 heteroatoms. The average Bonchev–Trinajstić information content (AvgIpc) is 3.60. The van der Waals surface area contributed by atoms with Gasteiger partial charge in [-0.25, -0.2) is 25.8 Å². The minimum Gasteiger partial charge on any atom is -0.436 e. The molecule has 1 fully saturated rings. The minimum absolute atomic E-state index is 0.0168. The van der Waals surface area contributed by atoms with Gasteiger partial charge in [0.25, 0.3) is 25.9 Å². The van der Waals surface area contributed by atoms with Gasteiger partial charge in [-0.2, -0.15) is 4.31 Å². The van der Waals surface area contributed by atoms with Crippen molar-refractivity contribution in [3.63, 3.8) is 0 Å². The van der Waals surface area contributed by atoms with Gasteiger partial charge >= 0.3 is 5.91 Å². The van der Waals surface area contributed by atoms with Crippen molar-refractivity contribution in [1.82, 2.24) is 23.5 Å². The minimum atomic E-state index is -4.45. The van der Waals surface area contributed by atoms with Crippen molar-refractivity contribution in [2.24, 2.45) is 0 Å². The predicted molar refractivity (Wildman–Crippen MR) is 173 cm³/mol. The van der Waals surface area contributed by atoms with E-state index in [-0.39, 0.29) is 54.1 Å². The Hall–Kier alpha value is -3.74. The van der Waals surface area contributed by atoms with Crippen LogP contribution in [0.25, 0.3) is 10.9 Å². The summed E-state index contributed by atoms with van der Waals surface area (Å²) >= 11 is 0. The van der Waals surface area contributed by atoms with Crippen LogP contribution < -0.4 is 10.5 Å². The number of carbonyl (C=O) groups is 1. The normalized spacial score (nSPS) is 18.1. The Kier molecular flexibility index (Phi) is 7.81. The van der Waals surface area contributed by atoms with Crippen LogP contribution in [-0.4, -0.2) is 81.2 Å². The summed E-state index contributed by atoms with van der Waals surface area (Å²) in [6.45, 7) is 8.83. The molecule has 1 N–H and O–H groups in total. The number of aromatic nitrogens is 2. The molecule has 2 aromatic heterocycles. The summed E-state index contributed by atoms with van der Waals surface area (Å²) in [5, 5.41) is 4.05. The number of hydrogen-bond acceptors (Lipinski definition) is 8. The molecule has 1 atom stereocenters. The van der Waals surface area contributed by atoms with Gasteiger partial charge in [-0.15, -0.1) is 6.42 Å². The Bertz CT molecular complexity index is 2080. The number of piperazine rings is 1. The van der Waals surface area contributed by atoms with Gasteiger partial charge in [0.15, 0.2) is 5.03 Å². The highest BCUT2D eigenvalue weighted by atomic mass is 32.2. The zero-order valence-corrected chi connectivity index (χ0v) is 28.2. The van der Waals surface area contributed by atoms with Crippen LogP contribution in [0.5, 0.6) is 0 Å². The molecule has 1 saturated heterocycles. The van der Waals surface area contributed by atoms with Gasteiger partial charge < -0.3 is 14.6 Å². The monoisotopic (exact) mass is 665 g/mol. The molecule has 0 spiro atoms. The zero-order chi connectivity index (χ0) is 32.3. The topological polar surface area (TPSA) is 135 Å². The van der Waals surface area contributed by atoms with Gasteiger partial charge in [0, 0.05) is 44.0 Å². The maximum Gasteiger partial charge on any atom is 0.309 e. The number of oxazole rings is 1. The molecule has 0 radical (unpaired) electrons. The summed E-state index contributed by atoms with van der Waals surface area (Å²) in [5.41, 5.74) is 0.896. The molecule has 0 bridgehead atoms. The Balaban J connectivity index is 1.36. The largest absolute Gasteiger partial charge is 0.436 e. The van der Waals surface area contributed by atoms with E-state index < -0.39 is 39.1 Å². The van der Waals surface area contributed by atoms with E-state index in [4.69, 9.17) is 10.8 Å². The third-order valence-corrected chi connectivity index (χ3v) is 14.1. The predicted octanol–water partition coefficient (Wildman–Crippen LogP) is 2.57. The fourth-order valence-corrected chi connectivity index (χ4v) is 10.8. The van der Waals surface area contributed by atoms with Crippen LogP contribution in [0.4, 0.5) is 0 Å². The third kappa shape index (κ3) is 5.42. The third-order valence-electron chi connectivity index (χ3n) is 8.36. The summed E-state index contributed by atoms with van der Waals surface area (Å²) in [6, 6.07) is 13.4. The fourth-order valence-electron chi connectivity index (χ4n) is 5.82. The van der Waals surface area contributed by atoms with Crippen molar-refractivity contribution in [3.8, 4) is 12.3 Å². The van der Waals surface area contributed by atoms with E-state index in [0.29, 0.717) is 24.1 Å². The molecule has 236 valence electrons. The van der Waals surface area contributed by atoms with E-state index in [2.05, 4.69) is 35.9 Å². The van der Waals surface area contributed by atoms with Crippen LogP contribution >= 0.6 is 0 Å². The lowest BCUT2D eigenvalue weighted by Crippen LogP contribution is -2.51. The summed E-state index contributed by atoms with van der Waals surface area (Å²) in [6.07, 6.45) is 6.53. The van der Waals surface area contributed by atoms with Gasteiger partial charge in [0.05, 0.1) is 36.3 Å². The molecule has 0 saturated carbocycles. The Morgan fingerprint density at radius 3 is 2.42 bits per heavy atom. The number of nitrogens with one attached hydrogen (secondary N) is 1. The number of terminal acetylenes is 1. The van der Waals surface area contributed by atoms with Gasteiger partial charge in [0.1, 0.15) is 5.76 Å². The first-order chi connectivity index (χ1) is 21.2. The maximum atomic E-state index is 14.4. The quantitative estimate of drug-likeness (QED) is 0.245. The van der Waals surface area contributed by atoms with Crippen LogP contribution in [-0.2, 0) is 33.0 Å². The van der Waals surface area contributed by atoms with Crippen LogP contribution in [0, 0.1) is 12.3 Å². The number of carbonyl (C=O) groups excluding carboxylic acids is 1.